The predicted octanol–water partition coefficient (Wildman–Crippen LogP) is 2.02. The van der Waals surface area contributed by atoms with E-state index in [9.17, 15) is 9.59 Å². The lowest BCUT2D eigenvalue weighted by atomic mass is 10.2. The number of benzene rings is 1. The number of thioether (sulfide) groups is 1. The SMILES string of the molecule is CC(Sc1ccccn1)C(=O)NNC(=O)c1ccccc1. The van der Waals surface area contributed by atoms with Gasteiger partial charge in [0, 0.05) is 11.8 Å². The van der Waals surface area contributed by atoms with Gasteiger partial charge in [-0.25, -0.2) is 4.98 Å². The normalized spacial score (nSPS) is 11.5. The standard InChI is InChI=1S/C15H15N3O2S/c1-11(21-13-9-5-6-10-16-13)14(19)17-18-15(20)12-7-3-2-4-8-12/h2-11H,1H3,(H,17,19)(H,18,20). The first-order valence-corrected chi connectivity index (χ1v) is 7.27. The topological polar surface area (TPSA) is 71.1 Å². The molecule has 0 aliphatic heterocycles. The molecule has 1 aromatic carbocycles. The second kappa shape index (κ2) is 7.44. The molecule has 6 heteroatoms. The van der Waals surface area contributed by atoms with E-state index < -0.39 is 0 Å². The van der Waals surface area contributed by atoms with Gasteiger partial charge in [0.05, 0.1) is 10.3 Å². The maximum absolute atomic E-state index is 11.9. The number of hydrazine groups is 1. The van der Waals surface area contributed by atoms with Crippen LogP contribution in [0.1, 0.15) is 17.3 Å². The minimum absolute atomic E-state index is 0.282. The van der Waals surface area contributed by atoms with Gasteiger partial charge in [-0.3, -0.25) is 20.4 Å². The lowest BCUT2D eigenvalue weighted by Gasteiger charge is -2.12. The van der Waals surface area contributed by atoms with Crippen LogP contribution in [0.25, 0.3) is 0 Å². The van der Waals surface area contributed by atoms with Crippen molar-refractivity contribution in [3.8, 4) is 0 Å². The van der Waals surface area contributed by atoms with Gasteiger partial charge in [0.2, 0.25) is 0 Å². The van der Waals surface area contributed by atoms with Crippen molar-refractivity contribution in [2.45, 2.75) is 17.2 Å². The van der Waals surface area contributed by atoms with E-state index in [1.54, 1.807) is 37.4 Å². The number of carbonyl (C=O) groups is 2. The van der Waals surface area contributed by atoms with Crippen molar-refractivity contribution in [3.63, 3.8) is 0 Å². The van der Waals surface area contributed by atoms with Gasteiger partial charge in [-0.15, -0.1) is 0 Å². The Morgan fingerprint density at radius 2 is 1.76 bits per heavy atom. The van der Waals surface area contributed by atoms with Gasteiger partial charge in [-0.05, 0) is 31.2 Å². The third-order valence-corrected chi connectivity index (χ3v) is 3.69. The number of nitrogens with one attached hydrogen (secondary N) is 2. The molecule has 1 unspecified atom stereocenters. The fraction of sp³-hybridized carbons (Fsp3) is 0.133. The molecule has 0 fully saturated rings. The van der Waals surface area contributed by atoms with E-state index >= 15 is 0 Å². The van der Waals surface area contributed by atoms with Crippen molar-refractivity contribution in [2.75, 3.05) is 0 Å². The monoisotopic (exact) mass is 301 g/mol. The second-order valence-electron chi connectivity index (χ2n) is 4.24. The lowest BCUT2D eigenvalue weighted by molar-refractivity contribution is -0.121. The summed E-state index contributed by atoms with van der Waals surface area (Å²) in [6, 6.07) is 14.2. The first-order valence-electron chi connectivity index (χ1n) is 6.40. The molecule has 2 amide bonds. The number of rotatable bonds is 4. The van der Waals surface area contributed by atoms with Crippen LogP contribution < -0.4 is 10.9 Å². The van der Waals surface area contributed by atoms with Crippen molar-refractivity contribution >= 4 is 23.6 Å². The van der Waals surface area contributed by atoms with Gasteiger partial charge in [-0.2, -0.15) is 0 Å². The van der Waals surface area contributed by atoms with Crippen molar-refractivity contribution in [1.82, 2.24) is 15.8 Å². The zero-order valence-corrected chi connectivity index (χ0v) is 12.3. The Morgan fingerprint density at radius 1 is 1.05 bits per heavy atom. The third-order valence-electron chi connectivity index (χ3n) is 2.64. The molecular formula is C15H15N3O2S. The average Bonchev–Trinajstić information content (AvgIpc) is 2.54. The molecule has 21 heavy (non-hydrogen) atoms. The van der Waals surface area contributed by atoms with Crippen molar-refractivity contribution in [3.05, 3.63) is 60.3 Å². The van der Waals surface area contributed by atoms with Gasteiger partial charge in [-0.1, -0.05) is 36.0 Å². The summed E-state index contributed by atoms with van der Waals surface area (Å²) in [6.45, 7) is 1.75. The van der Waals surface area contributed by atoms with Crippen LogP contribution in [0.4, 0.5) is 0 Å². The Balaban J connectivity index is 1.83. The number of hydrogen-bond donors (Lipinski definition) is 2. The predicted molar refractivity (Wildman–Crippen MR) is 81.6 cm³/mol. The van der Waals surface area contributed by atoms with Crippen molar-refractivity contribution in [2.24, 2.45) is 0 Å². The highest BCUT2D eigenvalue weighted by Crippen LogP contribution is 2.20. The number of hydrogen-bond acceptors (Lipinski definition) is 4. The molecule has 2 aromatic rings. The fourth-order valence-corrected chi connectivity index (χ4v) is 2.34. The molecule has 0 aliphatic carbocycles. The number of carbonyl (C=O) groups excluding carboxylic acids is 2. The van der Waals surface area contributed by atoms with Crippen LogP contribution in [0.15, 0.2) is 59.8 Å². The van der Waals surface area contributed by atoms with E-state index in [1.165, 1.54) is 11.8 Å². The van der Waals surface area contributed by atoms with E-state index in [4.69, 9.17) is 0 Å². The minimum Gasteiger partial charge on any atom is -0.272 e. The highest BCUT2D eigenvalue weighted by Gasteiger charge is 2.15. The van der Waals surface area contributed by atoms with Crippen molar-refractivity contribution < 1.29 is 9.59 Å². The number of nitrogens with zero attached hydrogens (tertiary/aromatic N) is 1. The molecular weight excluding hydrogens is 286 g/mol. The second-order valence-corrected chi connectivity index (χ2v) is 5.60. The largest absolute Gasteiger partial charge is 0.272 e. The summed E-state index contributed by atoms with van der Waals surface area (Å²) >= 11 is 1.32. The molecule has 0 saturated heterocycles. The molecule has 0 spiro atoms. The maximum atomic E-state index is 11.9. The average molecular weight is 301 g/mol. The molecule has 1 aromatic heterocycles. The van der Waals surface area contributed by atoms with E-state index in [1.807, 2.05) is 24.3 Å². The van der Waals surface area contributed by atoms with Gasteiger partial charge in [0.25, 0.3) is 11.8 Å². The molecule has 0 saturated carbocycles. The van der Waals surface area contributed by atoms with Gasteiger partial charge < -0.3 is 0 Å². The molecule has 0 aliphatic rings. The van der Waals surface area contributed by atoms with Crippen LogP contribution >= 0.6 is 11.8 Å². The third kappa shape index (κ3) is 4.61. The summed E-state index contributed by atoms with van der Waals surface area (Å²) in [4.78, 5) is 27.8. The van der Waals surface area contributed by atoms with Gasteiger partial charge in [0.1, 0.15) is 0 Å². The van der Waals surface area contributed by atoms with Gasteiger partial charge >= 0.3 is 0 Å². The first kappa shape index (κ1) is 15.1. The molecule has 2 N–H and O–H groups in total. The van der Waals surface area contributed by atoms with Crippen LogP contribution in [0.3, 0.4) is 0 Å². The van der Waals surface area contributed by atoms with Gasteiger partial charge in [0.15, 0.2) is 0 Å². The van der Waals surface area contributed by atoms with Crippen LogP contribution in [0, 0.1) is 0 Å². The molecule has 108 valence electrons. The van der Waals surface area contributed by atoms with Crippen molar-refractivity contribution in [1.29, 1.82) is 0 Å². The van der Waals surface area contributed by atoms with Crippen LogP contribution in [-0.2, 0) is 4.79 Å². The van der Waals surface area contributed by atoms with E-state index in [2.05, 4.69) is 15.8 Å². The Morgan fingerprint density at radius 3 is 2.43 bits per heavy atom. The molecule has 1 heterocycles. The molecule has 0 radical (unpaired) electrons. The van der Waals surface area contributed by atoms with E-state index in [0.29, 0.717) is 5.56 Å². The van der Waals surface area contributed by atoms with Crippen LogP contribution in [0.2, 0.25) is 0 Å². The Bertz CT molecular complexity index is 605. The lowest BCUT2D eigenvalue weighted by Crippen LogP contribution is -2.44. The summed E-state index contributed by atoms with van der Waals surface area (Å²) in [6.07, 6.45) is 1.67. The number of aromatic nitrogens is 1. The summed E-state index contributed by atoms with van der Waals surface area (Å²) in [7, 11) is 0. The maximum Gasteiger partial charge on any atom is 0.269 e. The summed E-state index contributed by atoms with van der Waals surface area (Å²) < 4.78 is 0. The Labute approximate surface area is 127 Å². The van der Waals surface area contributed by atoms with Crippen LogP contribution in [0.5, 0.6) is 0 Å². The number of amides is 2. The Hall–Kier alpha value is -2.34. The van der Waals surface area contributed by atoms with Crippen LogP contribution in [-0.4, -0.2) is 22.0 Å². The van der Waals surface area contributed by atoms with E-state index in [0.717, 1.165) is 5.03 Å². The number of pyridine rings is 1. The summed E-state index contributed by atoms with van der Waals surface area (Å²) in [5.74, 6) is -0.631. The molecule has 0 bridgehead atoms. The molecule has 2 rings (SSSR count). The quantitative estimate of drug-likeness (QED) is 0.669. The first-order chi connectivity index (χ1) is 10.2. The molecule has 1 atom stereocenters. The Kier molecular flexibility index (Phi) is 5.34. The summed E-state index contributed by atoms with van der Waals surface area (Å²) in [5.41, 5.74) is 5.30. The molecule has 5 nitrogen and oxygen atoms in total. The van der Waals surface area contributed by atoms with E-state index in [-0.39, 0.29) is 17.1 Å². The zero-order valence-electron chi connectivity index (χ0n) is 11.4. The fourth-order valence-electron chi connectivity index (χ4n) is 1.53. The minimum atomic E-state index is -0.365. The summed E-state index contributed by atoms with van der Waals surface area (Å²) in [5, 5.41) is 0.394. The highest BCUT2D eigenvalue weighted by molar-refractivity contribution is 8.00. The smallest absolute Gasteiger partial charge is 0.269 e. The highest BCUT2D eigenvalue weighted by atomic mass is 32.2. The zero-order chi connectivity index (χ0) is 15.1.